The number of benzene rings is 2. The van der Waals surface area contributed by atoms with E-state index in [-0.39, 0.29) is 12.7 Å². The summed E-state index contributed by atoms with van der Waals surface area (Å²) in [5.74, 6) is 0.973. The lowest BCUT2D eigenvalue weighted by atomic mass is 10.1. The van der Waals surface area contributed by atoms with Crippen molar-refractivity contribution in [1.82, 2.24) is 10.2 Å². The van der Waals surface area contributed by atoms with Gasteiger partial charge >= 0.3 is 0 Å². The van der Waals surface area contributed by atoms with Gasteiger partial charge in [0.25, 0.3) is 5.91 Å². The lowest BCUT2D eigenvalue weighted by Crippen LogP contribution is -2.35. The third-order valence-electron chi connectivity index (χ3n) is 4.63. The molecular weight excluding hydrogens is 332 g/mol. The van der Waals surface area contributed by atoms with E-state index < -0.39 is 0 Å². The maximum absolute atomic E-state index is 12.4. The van der Waals surface area contributed by atoms with Crippen molar-refractivity contribution in [3.05, 3.63) is 59.2 Å². The first kappa shape index (κ1) is 16.9. The van der Waals surface area contributed by atoms with E-state index >= 15 is 0 Å². The Bertz CT molecular complexity index is 770. The molecule has 4 rings (SSSR count). The number of para-hydroxylation sites is 1. The van der Waals surface area contributed by atoms with Crippen LogP contribution < -0.4 is 14.8 Å². The number of ether oxygens (including phenoxy) is 3. The van der Waals surface area contributed by atoms with Crippen molar-refractivity contribution in [3.63, 3.8) is 0 Å². The average Bonchev–Trinajstić information content (AvgIpc) is 3.17. The van der Waals surface area contributed by atoms with E-state index in [1.165, 1.54) is 5.56 Å². The minimum Gasteiger partial charge on any atom is -0.454 e. The Morgan fingerprint density at radius 2 is 1.77 bits per heavy atom. The van der Waals surface area contributed by atoms with Crippen molar-refractivity contribution >= 4 is 5.91 Å². The fourth-order valence-electron chi connectivity index (χ4n) is 3.17. The quantitative estimate of drug-likeness (QED) is 0.892. The molecule has 2 aromatic carbocycles. The highest BCUT2D eigenvalue weighted by molar-refractivity contribution is 5.97. The smallest absolute Gasteiger partial charge is 0.255 e. The average molecular weight is 354 g/mol. The van der Waals surface area contributed by atoms with E-state index in [4.69, 9.17) is 14.2 Å². The van der Waals surface area contributed by atoms with Gasteiger partial charge in [0.2, 0.25) is 6.79 Å². The van der Waals surface area contributed by atoms with Crippen molar-refractivity contribution in [1.29, 1.82) is 0 Å². The summed E-state index contributed by atoms with van der Waals surface area (Å²) in [5, 5.41) is 2.94. The molecule has 1 saturated heterocycles. The van der Waals surface area contributed by atoms with E-state index in [9.17, 15) is 4.79 Å². The number of nitrogens with one attached hydrogen (secondary N) is 1. The van der Waals surface area contributed by atoms with Crippen molar-refractivity contribution in [2.75, 3.05) is 33.1 Å². The van der Waals surface area contributed by atoms with Crippen LogP contribution in [0.5, 0.6) is 11.5 Å². The molecule has 0 saturated carbocycles. The summed E-state index contributed by atoms with van der Waals surface area (Å²) in [6, 6.07) is 13.7. The normalized spacial score (nSPS) is 16.5. The van der Waals surface area contributed by atoms with Crippen LogP contribution in [-0.2, 0) is 17.8 Å². The third kappa shape index (κ3) is 3.81. The minimum absolute atomic E-state index is 0.157. The van der Waals surface area contributed by atoms with Crippen LogP contribution in [0.1, 0.15) is 21.5 Å². The second kappa shape index (κ2) is 7.76. The number of amides is 1. The molecule has 0 radical (unpaired) electrons. The number of hydrogen-bond donors (Lipinski definition) is 1. The lowest BCUT2D eigenvalue weighted by Gasteiger charge is -2.26. The fraction of sp³-hybridized carbons (Fsp3) is 0.350. The molecule has 0 unspecified atom stereocenters. The summed E-state index contributed by atoms with van der Waals surface area (Å²) in [6.07, 6.45) is 0. The van der Waals surface area contributed by atoms with Gasteiger partial charge in [0.1, 0.15) is 0 Å². The Hall–Kier alpha value is -2.57. The zero-order valence-corrected chi connectivity index (χ0v) is 14.6. The maximum Gasteiger partial charge on any atom is 0.255 e. The lowest BCUT2D eigenvalue weighted by molar-refractivity contribution is 0.0342. The first-order valence-electron chi connectivity index (χ1n) is 8.84. The second-order valence-electron chi connectivity index (χ2n) is 6.43. The molecule has 1 fully saturated rings. The van der Waals surface area contributed by atoms with Crippen molar-refractivity contribution in [2.45, 2.75) is 13.1 Å². The van der Waals surface area contributed by atoms with Crippen molar-refractivity contribution < 1.29 is 19.0 Å². The molecule has 26 heavy (non-hydrogen) atoms. The molecule has 6 heteroatoms. The molecule has 2 aromatic rings. The monoisotopic (exact) mass is 354 g/mol. The Kier molecular flexibility index (Phi) is 5.04. The Balaban J connectivity index is 1.33. The molecule has 2 heterocycles. The molecule has 6 nitrogen and oxygen atoms in total. The number of rotatable bonds is 5. The molecule has 2 aliphatic rings. The molecule has 0 aliphatic carbocycles. The standard InChI is InChI=1S/C20H22N2O4/c23-20(17-2-1-3-18-19(17)26-14-25-18)21-12-15-4-6-16(7-5-15)13-22-8-10-24-11-9-22/h1-7H,8-14H2,(H,21,23). The van der Waals surface area contributed by atoms with E-state index in [1.54, 1.807) is 18.2 Å². The third-order valence-corrected chi connectivity index (χ3v) is 4.63. The summed E-state index contributed by atoms with van der Waals surface area (Å²) in [6.45, 7) is 5.13. The highest BCUT2D eigenvalue weighted by atomic mass is 16.7. The summed E-state index contributed by atoms with van der Waals surface area (Å²) in [4.78, 5) is 14.8. The van der Waals surface area contributed by atoms with Crippen LogP contribution in [-0.4, -0.2) is 43.9 Å². The fourth-order valence-corrected chi connectivity index (χ4v) is 3.17. The molecule has 1 N–H and O–H groups in total. The van der Waals surface area contributed by atoms with Crippen LogP contribution in [0.15, 0.2) is 42.5 Å². The number of hydrogen-bond acceptors (Lipinski definition) is 5. The van der Waals surface area contributed by atoms with Crippen molar-refractivity contribution in [3.8, 4) is 11.5 Å². The predicted octanol–water partition coefficient (Wildman–Crippen LogP) is 2.18. The van der Waals surface area contributed by atoms with Gasteiger partial charge in [-0.05, 0) is 23.3 Å². The molecule has 0 atom stereocenters. The number of carbonyl (C=O) groups excluding carboxylic acids is 1. The number of fused-ring (bicyclic) bond motifs is 1. The highest BCUT2D eigenvalue weighted by Gasteiger charge is 2.21. The van der Waals surface area contributed by atoms with Gasteiger partial charge in [-0.25, -0.2) is 0 Å². The molecule has 0 spiro atoms. The van der Waals surface area contributed by atoms with E-state index in [0.717, 1.165) is 38.4 Å². The van der Waals surface area contributed by atoms with Crippen LogP contribution >= 0.6 is 0 Å². The molecular formula is C20H22N2O4. The highest BCUT2D eigenvalue weighted by Crippen LogP contribution is 2.35. The first-order valence-corrected chi connectivity index (χ1v) is 8.84. The predicted molar refractivity (Wildman–Crippen MR) is 96.3 cm³/mol. The van der Waals surface area contributed by atoms with Crippen LogP contribution in [0.4, 0.5) is 0 Å². The maximum atomic E-state index is 12.4. The van der Waals surface area contributed by atoms with Gasteiger partial charge in [-0.3, -0.25) is 9.69 Å². The van der Waals surface area contributed by atoms with E-state index in [0.29, 0.717) is 23.6 Å². The summed E-state index contributed by atoms with van der Waals surface area (Å²) >= 11 is 0. The SMILES string of the molecule is O=C(NCc1ccc(CN2CCOCC2)cc1)c1cccc2c1OCO2. The van der Waals surface area contributed by atoms with Crippen molar-refractivity contribution in [2.24, 2.45) is 0 Å². The van der Waals surface area contributed by atoms with E-state index in [2.05, 4.69) is 34.5 Å². The molecule has 1 amide bonds. The van der Waals surface area contributed by atoms with Gasteiger partial charge in [0.05, 0.1) is 18.8 Å². The summed E-state index contributed by atoms with van der Waals surface area (Å²) in [7, 11) is 0. The summed E-state index contributed by atoms with van der Waals surface area (Å²) in [5.41, 5.74) is 2.84. The first-order chi connectivity index (χ1) is 12.8. The van der Waals surface area contributed by atoms with Crippen LogP contribution in [0.2, 0.25) is 0 Å². The number of nitrogens with zero attached hydrogens (tertiary/aromatic N) is 1. The van der Waals surface area contributed by atoms with Gasteiger partial charge < -0.3 is 19.5 Å². The molecule has 0 aromatic heterocycles. The van der Waals surface area contributed by atoms with Gasteiger partial charge in [0.15, 0.2) is 11.5 Å². The van der Waals surface area contributed by atoms with Gasteiger partial charge in [-0.1, -0.05) is 30.3 Å². The Morgan fingerprint density at radius 3 is 2.58 bits per heavy atom. The van der Waals surface area contributed by atoms with Crippen LogP contribution in [0.25, 0.3) is 0 Å². The van der Waals surface area contributed by atoms with E-state index in [1.807, 2.05) is 0 Å². The molecule has 0 bridgehead atoms. The van der Waals surface area contributed by atoms with Crippen LogP contribution in [0.3, 0.4) is 0 Å². The second-order valence-corrected chi connectivity index (χ2v) is 6.43. The Morgan fingerprint density at radius 1 is 1.00 bits per heavy atom. The van der Waals surface area contributed by atoms with Gasteiger partial charge in [-0.15, -0.1) is 0 Å². The molecule has 136 valence electrons. The summed E-state index contributed by atoms with van der Waals surface area (Å²) < 4.78 is 16.1. The number of morpholine rings is 1. The molecule has 2 aliphatic heterocycles. The van der Waals surface area contributed by atoms with Gasteiger partial charge in [-0.2, -0.15) is 0 Å². The minimum atomic E-state index is -0.162. The topological polar surface area (TPSA) is 60.0 Å². The zero-order chi connectivity index (χ0) is 17.8. The number of carbonyl (C=O) groups is 1. The zero-order valence-electron chi connectivity index (χ0n) is 14.6. The largest absolute Gasteiger partial charge is 0.454 e. The van der Waals surface area contributed by atoms with Crippen LogP contribution in [0, 0.1) is 0 Å². The Labute approximate surface area is 152 Å². The van der Waals surface area contributed by atoms with Gasteiger partial charge in [0, 0.05) is 26.2 Å².